The Balaban J connectivity index is 1.21. The Morgan fingerprint density at radius 1 is 1.03 bits per heavy atom. The lowest BCUT2D eigenvalue weighted by molar-refractivity contribution is 0.0390. The first-order chi connectivity index (χ1) is 17.6. The fourth-order valence-corrected chi connectivity index (χ4v) is 4.86. The van der Waals surface area contributed by atoms with Crippen molar-refractivity contribution in [3.63, 3.8) is 0 Å². The van der Waals surface area contributed by atoms with Gasteiger partial charge in [-0.2, -0.15) is 10.2 Å². The predicted octanol–water partition coefficient (Wildman–Crippen LogP) is 1.87. The van der Waals surface area contributed by atoms with Gasteiger partial charge in [-0.25, -0.2) is 27.8 Å². The molecule has 5 rings (SSSR count). The fraction of sp³-hybridized carbons (Fsp3) is 0.250. The molecule has 3 heterocycles. The Bertz CT molecular complexity index is 1430. The average Bonchev–Trinajstić information content (AvgIpc) is 3.35. The molecule has 36 heavy (non-hydrogen) atoms. The van der Waals surface area contributed by atoms with E-state index >= 15 is 0 Å². The Kier molecular flexibility index (Phi) is 7.28. The van der Waals surface area contributed by atoms with Crippen LogP contribution in [0.25, 0.3) is 16.7 Å². The number of hydrazone groups is 1. The van der Waals surface area contributed by atoms with Crippen molar-refractivity contribution >= 4 is 33.1 Å². The molecule has 0 saturated carbocycles. The van der Waals surface area contributed by atoms with E-state index in [1.165, 1.54) is 6.33 Å². The van der Waals surface area contributed by atoms with Crippen LogP contribution in [-0.2, 0) is 14.8 Å². The van der Waals surface area contributed by atoms with E-state index in [0.717, 1.165) is 29.7 Å². The molecule has 12 heteroatoms. The first-order valence-electron chi connectivity index (χ1n) is 11.5. The minimum absolute atomic E-state index is 0.209. The number of sulfonamides is 1. The summed E-state index contributed by atoms with van der Waals surface area (Å²) in [5, 5.41) is 9.40. The van der Waals surface area contributed by atoms with E-state index in [4.69, 9.17) is 4.74 Å². The molecule has 2 N–H and O–H groups in total. The highest BCUT2D eigenvalue weighted by Crippen LogP contribution is 2.21. The van der Waals surface area contributed by atoms with Crippen LogP contribution in [0.2, 0.25) is 0 Å². The zero-order valence-corrected chi connectivity index (χ0v) is 20.3. The molecule has 186 valence electrons. The van der Waals surface area contributed by atoms with Gasteiger partial charge in [-0.1, -0.05) is 30.3 Å². The van der Waals surface area contributed by atoms with Gasteiger partial charge in [0.05, 0.1) is 41.6 Å². The van der Waals surface area contributed by atoms with Gasteiger partial charge in [-0.15, -0.1) is 0 Å². The molecular formula is C24H26N8O3S. The topological polar surface area (TPSA) is 127 Å². The molecule has 0 unspecified atom stereocenters. The molecule has 0 spiro atoms. The number of para-hydroxylation sites is 1. The third kappa shape index (κ3) is 5.57. The monoisotopic (exact) mass is 506 g/mol. The molecule has 4 aromatic rings. The minimum atomic E-state index is -3.58. The molecule has 1 aliphatic rings. The van der Waals surface area contributed by atoms with Gasteiger partial charge in [0.1, 0.15) is 6.33 Å². The number of ether oxygens (including phenoxy) is 1. The smallest absolute Gasteiger partial charge is 0.240 e. The number of nitrogens with zero attached hydrogens (tertiary/aromatic N) is 6. The molecule has 0 bridgehead atoms. The standard InChI is InChI=1S/C24H26N8O3S/c33-36(34,29-10-11-31-12-14-35-15-13-31)21-8-6-19(7-9-21)16-27-30-23-22-17-28-32(24(22)26-18-25-23)20-4-2-1-3-5-20/h1-9,16-18,29H,10-15H2,(H,25,26,30)/b27-16+. The van der Waals surface area contributed by atoms with E-state index in [-0.39, 0.29) is 4.90 Å². The molecule has 0 aliphatic carbocycles. The van der Waals surface area contributed by atoms with Crippen LogP contribution in [0.5, 0.6) is 0 Å². The second kappa shape index (κ2) is 10.9. The Morgan fingerprint density at radius 3 is 2.58 bits per heavy atom. The van der Waals surface area contributed by atoms with E-state index in [1.54, 1.807) is 41.4 Å². The van der Waals surface area contributed by atoms with Gasteiger partial charge in [-0.05, 0) is 29.8 Å². The van der Waals surface area contributed by atoms with Crippen LogP contribution in [0.15, 0.2) is 77.1 Å². The van der Waals surface area contributed by atoms with Crippen molar-refractivity contribution in [1.29, 1.82) is 0 Å². The molecule has 2 aromatic carbocycles. The summed E-state index contributed by atoms with van der Waals surface area (Å²) in [5.41, 5.74) is 5.21. The zero-order chi connectivity index (χ0) is 24.8. The lowest BCUT2D eigenvalue weighted by Crippen LogP contribution is -2.41. The fourth-order valence-electron chi connectivity index (χ4n) is 3.84. The average molecular weight is 507 g/mol. The third-order valence-electron chi connectivity index (χ3n) is 5.76. The quantitative estimate of drug-likeness (QED) is 0.260. The first kappa shape index (κ1) is 24.0. The van der Waals surface area contributed by atoms with Crippen molar-refractivity contribution in [1.82, 2.24) is 29.4 Å². The van der Waals surface area contributed by atoms with E-state index in [0.29, 0.717) is 37.8 Å². The molecule has 1 saturated heterocycles. The van der Waals surface area contributed by atoms with E-state index in [9.17, 15) is 8.42 Å². The van der Waals surface area contributed by atoms with E-state index in [2.05, 4.69) is 35.2 Å². The lowest BCUT2D eigenvalue weighted by atomic mass is 10.2. The molecule has 0 atom stereocenters. The number of nitrogens with one attached hydrogen (secondary N) is 2. The van der Waals surface area contributed by atoms with Crippen molar-refractivity contribution in [2.24, 2.45) is 5.10 Å². The van der Waals surface area contributed by atoms with Crippen LogP contribution < -0.4 is 10.1 Å². The highest BCUT2D eigenvalue weighted by molar-refractivity contribution is 7.89. The van der Waals surface area contributed by atoms with Gasteiger partial charge in [0.2, 0.25) is 10.0 Å². The number of hydrogen-bond donors (Lipinski definition) is 2. The van der Waals surface area contributed by atoms with E-state index < -0.39 is 10.0 Å². The number of hydrogen-bond acceptors (Lipinski definition) is 9. The van der Waals surface area contributed by atoms with Crippen LogP contribution >= 0.6 is 0 Å². The molecular weight excluding hydrogens is 480 g/mol. The highest BCUT2D eigenvalue weighted by atomic mass is 32.2. The summed E-state index contributed by atoms with van der Waals surface area (Å²) in [7, 11) is -3.58. The minimum Gasteiger partial charge on any atom is -0.379 e. The van der Waals surface area contributed by atoms with Gasteiger partial charge >= 0.3 is 0 Å². The molecule has 11 nitrogen and oxygen atoms in total. The first-order valence-corrected chi connectivity index (χ1v) is 13.0. The summed E-state index contributed by atoms with van der Waals surface area (Å²) >= 11 is 0. The zero-order valence-electron chi connectivity index (χ0n) is 19.5. The second-order valence-corrected chi connectivity index (χ2v) is 9.91. The summed E-state index contributed by atoms with van der Waals surface area (Å²) in [6.45, 7) is 4.01. The largest absolute Gasteiger partial charge is 0.379 e. The van der Waals surface area contributed by atoms with Crippen LogP contribution in [0, 0.1) is 0 Å². The van der Waals surface area contributed by atoms with Crippen LogP contribution in [0.1, 0.15) is 5.56 Å². The van der Waals surface area contributed by atoms with Crippen molar-refractivity contribution in [2.45, 2.75) is 4.90 Å². The van der Waals surface area contributed by atoms with Gasteiger partial charge in [0.15, 0.2) is 11.5 Å². The summed E-state index contributed by atoms with van der Waals surface area (Å²) in [6.07, 6.45) is 4.73. The molecule has 1 fully saturated rings. The van der Waals surface area contributed by atoms with Gasteiger partial charge in [0.25, 0.3) is 0 Å². The van der Waals surface area contributed by atoms with Crippen molar-refractivity contribution < 1.29 is 13.2 Å². The summed E-state index contributed by atoms with van der Waals surface area (Å²) in [5.74, 6) is 0.516. The Morgan fingerprint density at radius 2 is 1.81 bits per heavy atom. The Labute approximate surface area is 208 Å². The maximum atomic E-state index is 12.6. The van der Waals surface area contributed by atoms with Crippen molar-refractivity contribution in [2.75, 3.05) is 44.8 Å². The predicted molar refractivity (Wildman–Crippen MR) is 137 cm³/mol. The second-order valence-electron chi connectivity index (χ2n) is 8.14. The van der Waals surface area contributed by atoms with Gasteiger partial charge in [-0.3, -0.25) is 10.3 Å². The molecule has 1 aliphatic heterocycles. The normalized spacial score (nSPS) is 15.0. The third-order valence-corrected chi connectivity index (χ3v) is 7.24. The number of rotatable bonds is 9. The SMILES string of the molecule is O=S(=O)(NCCN1CCOCC1)c1ccc(/C=N/Nc2ncnc3c2cnn3-c2ccccc2)cc1. The van der Waals surface area contributed by atoms with Crippen LogP contribution in [0.4, 0.5) is 5.82 Å². The molecule has 0 amide bonds. The van der Waals surface area contributed by atoms with Gasteiger partial charge < -0.3 is 4.74 Å². The summed E-state index contributed by atoms with van der Waals surface area (Å²) in [4.78, 5) is 11.0. The summed E-state index contributed by atoms with van der Waals surface area (Å²) < 4.78 is 34.9. The van der Waals surface area contributed by atoms with Crippen LogP contribution in [0.3, 0.4) is 0 Å². The van der Waals surface area contributed by atoms with Crippen molar-refractivity contribution in [3.8, 4) is 5.69 Å². The lowest BCUT2D eigenvalue weighted by Gasteiger charge is -2.26. The number of anilines is 1. The number of fused-ring (bicyclic) bond motifs is 1. The summed E-state index contributed by atoms with van der Waals surface area (Å²) in [6, 6.07) is 16.2. The van der Waals surface area contributed by atoms with Crippen LogP contribution in [-0.4, -0.2) is 78.7 Å². The number of aromatic nitrogens is 4. The van der Waals surface area contributed by atoms with Crippen molar-refractivity contribution in [3.05, 3.63) is 72.7 Å². The number of morpholine rings is 1. The Hall–Kier alpha value is -3.71. The highest BCUT2D eigenvalue weighted by Gasteiger charge is 2.15. The maximum absolute atomic E-state index is 12.6. The molecule has 0 radical (unpaired) electrons. The molecule has 2 aromatic heterocycles. The number of benzene rings is 2. The maximum Gasteiger partial charge on any atom is 0.240 e. The van der Waals surface area contributed by atoms with E-state index in [1.807, 2.05) is 30.3 Å². The van der Waals surface area contributed by atoms with Gasteiger partial charge in [0, 0.05) is 26.2 Å².